The van der Waals surface area contributed by atoms with Crippen LogP contribution < -0.4 is 0 Å². The Morgan fingerprint density at radius 1 is 1.46 bits per heavy atom. The molecular weight excluding hydrogens is 275 g/mol. The number of rotatable bonds is 3. The van der Waals surface area contributed by atoms with Crippen LogP contribution in [0.25, 0.3) is 0 Å². The van der Waals surface area contributed by atoms with Crippen LogP contribution in [-0.4, -0.2) is 9.53 Å². The molecule has 0 amide bonds. The van der Waals surface area contributed by atoms with Gasteiger partial charge in [-0.15, -0.1) is 0 Å². The molecule has 0 aliphatic heterocycles. The molecule has 0 saturated heterocycles. The molecule has 13 heavy (non-hydrogen) atoms. The van der Waals surface area contributed by atoms with E-state index in [9.17, 15) is 5.11 Å². The minimum absolute atomic E-state index is 0.442. The number of hydrogen-bond donors (Lipinski definition) is 1. The first-order valence-corrected chi connectivity index (χ1v) is 6.03. The molecule has 2 heteroatoms. The number of halogens is 1. The van der Waals surface area contributed by atoms with E-state index in [2.05, 4.69) is 35.6 Å². The maximum atomic E-state index is 9.69. The summed E-state index contributed by atoms with van der Waals surface area (Å²) in [5.41, 5.74) is 2.19. The van der Waals surface area contributed by atoms with Crippen LogP contribution in [0.15, 0.2) is 18.2 Å². The van der Waals surface area contributed by atoms with Gasteiger partial charge < -0.3 is 5.11 Å². The van der Waals surface area contributed by atoms with Gasteiger partial charge in [0.2, 0.25) is 0 Å². The second kappa shape index (κ2) is 4.84. The number of phenols is 1. The monoisotopic (exact) mass is 290 g/mol. The summed E-state index contributed by atoms with van der Waals surface area (Å²) in [6, 6.07) is 5.92. The summed E-state index contributed by atoms with van der Waals surface area (Å²) in [5, 5.41) is 9.69. The predicted molar refractivity (Wildman–Crippen MR) is 64.8 cm³/mol. The molecule has 1 aromatic rings. The second-order valence-electron chi connectivity index (χ2n) is 3.44. The lowest BCUT2D eigenvalue weighted by Crippen LogP contribution is -1.94. The maximum absolute atomic E-state index is 9.69. The normalized spacial score (nSPS) is 12.8. The van der Waals surface area contributed by atoms with Gasteiger partial charge in [-0.1, -0.05) is 41.6 Å². The summed E-state index contributed by atoms with van der Waals surface area (Å²) in [4.78, 5) is 0. The highest BCUT2D eigenvalue weighted by Crippen LogP contribution is 2.28. The lowest BCUT2D eigenvalue weighted by molar-refractivity contribution is 0.462. The molecule has 0 aliphatic carbocycles. The summed E-state index contributed by atoms with van der Waals surface area (Å²) in [5.74, 6) is 0.898. The number of aryl methyl sites for hydroxylation is 1. The molecule has 1 nitrogen and oxygen atoms in total. The van der Waals surface area contributed by atoms with Gasteiger partial charge in [0.1, 0.15) is 5.75 Å². The van der Waals surface area contributed by atoms with Crippen molar-refractivity contribution in [2.45, 2.75) is 26.2 Å². The third-order valence-electron chi connectivity index (χ3n) is 2.26. The smallest absolute Gasteiger partial charge is 0.119 e. The van der Waals surface area contributed by atoms with Crippen LogP contribution in [-0.2, 0) is 0 Å². The van der Waals surface area contributed by atoms with E-state index in [1.54, 1.807) is 0 Å². The van der Waals surface area contributed by atoms with Crippen molar-refractivity contribution in [3.8, 4) is 5.75 Å². The van der Waals surface area contributed by atoms with Gasteiger partial charge in [0, 0.05) is 4.43 Å². The summed E-state index contributed by atoms with van der Waals surface area (Å²) < 4.78 is 1.13. The Kier molecular flexibility index (Phi) is 4.03. The fourth-order valence-electron chi connectivity index (χ4n) is 1.39. The van der Waals surface area contributed by atoms with Crippen LogP contribution in [0.5, 0.6) is 5.75 Å². The van der Waals surface area contributed by atoms with Crippen LogP contribution in [0, 0.1) is 6.92 Å². The zero-order valence-electron chi connectivity index (χ0n) is 8.05. The van der Waals surface area contributed by atoms with Crippen molar-refractivity contribution < 1.29 is 5.11 Å². The van der Waals surface area contributed by atoms with Crippen LogP contribution in [0.1, 0.15) is 30.4 Å². The van der Waals surface area contributed by atoms with E-state index in [-0.39, 0.29) is 0 Å². The molecule has 1 N–H and O–H groups in total. The average Bonchev–Trinajstić information content (AvgIpc) is 2.04. The fraction of sp³-hybridized carbons (Fsp3) is 0.455. The zero-order valence-corrected chi connectivity index (χ0v) is 10.2. The number of hydrogen-bond acceptors (Lipinski definition) is 1. The summed E-state index contributed by atoms with van der Waals surface area (Å²) in [6.45, 7) is 4.15. The SMILES string of the molecule is Cc1ccc([C@H](C)CCI)c(O)c1. The summed E-state index contributed by atoms with van der Waals surface area (Å²) >= 11 is 2.37. The maximum Gasteiger partial charge on any atom is 0.119 e. The Balaban J connectivity index is 2.88. The zero-order chi connectivity index (χ0) is 9.84. The van der Waals surface area contributed by atoms with Crippen LogP contribution >= 0.6 is 22.6 Å². The van der Waals surface area contributed by atoms with E-state index in [1.165, 1.54) is 0 Å². The van der Waals surface area contributed by atoms with Crippen LogP contribution in [0.3, 0.4) is 0 Å². The van der Waals surface area contributed by atoms with Crippen molar-refractivity contribution in [1.29, 1.82) is 0 Å². The lowest BCUT2D eigenvalue weighted by Gasteiger charge is -2.12. The van der Waals surface area contributed by atoms with Crippen molar-refractivity contribution in [1.82, 2.24) is 0 Å². The standard InChI is InChI=1S/C11H15IO/c1-8-3-4-10(11(13)7-8)9(2)5-6-12/h3-4,7,9,13H,5-6H2,1-2H3/t9-/m1/s1. The topological polar surface area (TPSA) is 20.2 Å². The third kappa shape index (κ3) is 2.86. The Labute approximate surface area is 93.3 Å². The second-order valence-corrected chi connectivity index (χ2v) is 4.52. The fourth-order valence-corrected chi connectivity index (χ4v) is 2.32. The molecule has 1 aromatic carbocycles. The highest BCUT2D eigenvalue weighted by atomic mass is 127. The molecule has 0 saturated carbocycles. The first-order valence-electron chi connectivity index (χ1n) is 4.50. The molecule has 1 rings (SSSR count). The average molecular weight is 290 g/mol. The Morgan fingerprint density at radius 2 is 2.15 bits per heavy atom. The van der Waals surface area contributed by atoms with Gasteiger partial charge in [-0.2, -0.15) is 0 Å². The Bertz CT molecular complexity index is 283. The van der Waals surface area contributed by atoms with E-state index in [0.29, 0.717) is 11.7 Å². The first kappa shape index (κ1) is 10.8. The van der Waals surface area contributed by atoms with Gasteiger partial charge in [0.25, 0.3) is 0 Å². The van der Waals surface area contributed by atoms with E-state index in [1.807, 2.05) is 19.1 Å². The van der Waals surface area contributed by atoms with Crippen molar-refractivity contribution >= 4 is 22.6 Å². The number of alkyl halides is 1. The first-order chi connectivity index (χ1) is 6.15. The molecule has 0 aliphatic rings. The van der Waals surface area contributed by atoms with Crippen molar-refractivity contribution in [3.05, 3.63) is 29.3 Å². The Morgan fingerprint density at radius 3 is 2.69 bits per heavy atom. The molecule has 0 spiro atoms. The summed E-state index contributed by atoms with van der Waals surface area (Å²) in [6.07, 6.45) is 1.12. The molecule has 1 atom stereocenters. The Hall–Kier alpha value is -0.250. The minimum atomic E-state index is 0.442. The molecule has 0 radical (unpaired) electrons. The van der Waals surface area contributed by atoms with Gasteiger partial charge in [-0.05, 0) is 36.5 Å². The lowest BCUT2D eigenvalue weighted by atomic mass is 9.97. The number of benzene rings is 1. The molecule has 0 fully saturated rings. The van der Waals surface area contributed by atoms with Gasteiger partial charge in [0.05, 0.1) is 0 Å². The molecule has 0 unspecified atom stereocenters. The highest BCUT2D eigenvalue weighted by Gasteiger charge is 2.08. The van der Waals surface area contributed by atoms with E-state index < -0.39 is 0 Å². The van der Waals surface area contributed by atoms with Crippen LogP contribution in [0.4, 0.5) is 0 Å². The predicted octanol–water partition coefficient (Wildman–Crippen LogP) is 3.63. The van der Waals surface area contributed by atoms with Crippen molar-refractivity contribution in [2.75, 3.05) is 4.43 Å². The number of phenolic OH excluding ortho intramolecular Hbond substituents is 1. The van der Waals surface area contributed by atoms with E-state index in [0.717, 1.165) is 22.0 Å². The van der Waals surface area contributed by atoms with Crippen molar-refractivity contribution in [2.24, 2.45) is 0 Å². The van der Waals surface area contributed by atoms with Crippen LogP contribution in [0.2, 0.25) is 0 Å². The van der Waals surface area contributed by atoms with E-state index >= 15 is 0 Å². The molecule has 0 heterocycles. The molecule has 0 aromatic heterocycles. The summed E-state index contributed by atoms with van der Waals surface area (Å²) in [7, 11) is 0. The largest absolute Gasteiger partial charge is 0.508 e. The third-order valence-corrected chi connectivity index (χ3v) is 2.88. The highest BCUT2D eigenvalue weighted by molar-refractivity contribution is 14.1. The number of aromatic hydroxyl groups is 1. The van der Waals surface area contributed by atoms with Gasteiger partial charge in [0.15, 0.2) is 0 Å². The molecule has 0 bridgehead atoms. The molecular formula is C11H15IO. The molecule has 72 valence electrons. The van der Waals surface area contributed by atoms with Gasteiger partial charge in [-0.25, -0.2) is 0 Å². The van der Waals surface area contributed by atoms with E-state index in [4.69, 9.17) is 0 Å². The van der Waals surface area contributed by atoms with Gasteiger partial charge >= 0.3 is 0 Å². The van der Waals surface area contributed by atoms with Gasteiger partial charge in [-0.3, -0.25) is 0 Å². The quantitative estimate of drug-likeness (QED) is 0.665. The van der Waals surface area contributed by atoms with Crippen molar-refractivity contribution in [3.63, 3.8) is 0 Å². The minimum Gasteiger partial charge on any atom is -0.508 e.